The van der Waals surface area contributed by atoms with Gasteiger partial charge in [0.2, 0.25) is 5.76 Å². The molecule has 0 atom stereocenters. The third kappa shape index (κ3) is 4.36. The lowest BCUT2D eigenvalue weighted by atomic mass is 9.92. The Hall–Kier alpha value is -3.02. The van der Waals surface area contributed by atoms with Gasteiger partial charge in [0, 0.05) is 37.8 Å². The number of nitrogens with zero attached hydrogens (tertiary/aromatic N) is 3. The van der Waals surface area contributed by atoms with Crippen LogP contribution in [0.4, 0.5) is 4.39 Å². The molecular weight excluding hydrogens is 369 g/mol. The predicted octanol–water partition coefficient (Wildman–Crippen LogP) is 4.44. The summed E-state index contributed by atoms with van der Waals surface area (Å²) < 4.78 is 18.8. The van der Waals surface area contributed by atoms with Gasteiger partial charge in [-0.05, 0) is 55.5 Å². The molecule has 0 bridgehead atoms. The Kier molecular flexibility index (Phi) is 5.43. The van der Waals surface area contributed by atoms with Gasteiger partial charge >= 0.3 is 0 Å². The Morgan fingerprint density at radius 3 is 2.59 bits per heavy atom. The van der Waals surface area contributed by atoms with Crippen molar-refractivity contribution in [2.24, 2.45) is 0 Å². The molecule has 1 amide bonds. The van der Waals surface area contributed by atoms with Crippen LogP contribution in [0.25, 0.3) is 0 Å². The maximum Gasteiger partial charge on any atom is 0.291 e. The topological polar surface area (TPSA) is 59.2 Å². The van der Waals surface area contributed by atoms with Crippen molar-refractivity contribution in [3.8, 4) is 0 Å². The van der Waals surface area contributed by atoms with Gasteiger partial charge in [-0.15, -0.1) is 0 Å². The summed E-state index contributed by atoms with van der Waals surface area (Å²) in [4.78, 5) is 23.3. The quantitative estimate of drug-likeness (QED) is 0.658. The van der Waals surface area contributed by atoms with Crippen LogP contribution in [0.2, 0.25) is 0 Å². The first-order chi connectivity index (χ1) is 14.0. The number of amides is 1. The van der Waals surface area contributed by atoms with Crippen LogP contribution in [-0.4, -0.2) is 33.9 Å². The van der Waals surface area contributed by atoms with Crippen LogP contribution in [0.15, 0.2) is 47.0 Å². The van der Waals surface area contributed by atoms with Crippen molar-refractivity contribution in [1.29, 1.82) is 0 Å². The van der Waals surface area contributed by atoms with E-state index >= 15 is 0 Å². The summed E-state index contributed by atoms with van der Waals surface area (Å²) in [5.74, 6) is 0.896. The second-order valence-corrected chi connectivity index (χ2v) is 7.61. The number of hydrogen-bond acceptors (Lipinski definition) is 4. The minimum absolute atomic E-state index is 0.0834. The number of rotatable bonds is 4. The second-order valence-electron chi connectivity index (χ2n) is 7.61. The minimum Gasteiger partial charge on any atom is -0.436 e. The zero-order valence-corrected chi connectivity index (χ0v) is 16.7. The maximum absolute atomic E-state index is 13.3. The van der Waals surface area contributed by atoms with E-state index in [0.29, 0.717) is 42.8 Å². The van der Waals surface area contributed by atoms with Crippen molar-refractivity contribution in [3.05, 3.63) is 82.6 Å². The van der Waals surface area contributed by atoms with Crippen molar-refractivity contribution < 1.29 is 13.6 Å². The third-order valence-corrected chi connectivity index (χ3v) is 5.44. The first-order valence-electron chi connectivity index (χ1n) is 9.92. The average Bonchev–Trinajstić information content (AvgIpc) is 3.06. The van der Waals surface area contributed by atoms with Crippen LogP contribution in [-0.2, 0) is 6.42 Å². The lowest BCUT2D eigenvalue weighted by Gasteiger charge is -2.31. The van der Waals surface area contributed by atoms with Crippen LogP contribution in [0, 0.1) is 19.7 Å². The smallest absolute Gasteiger partial charge is 0.291 e. The molecular formula is C23H24FN3O2. The predicted molar refractivity (Wildman–Crippen MR) is 107 cm³/mol. The van der Waals surface area contributed by atoms with Gasteiger partial charge in [-0.1, -0.05) is 18.2 Å². The molecule has 0 spiro atoms. The molecule has 29 heavy (non-hydrogen) atoms. The fourth-order valence-electron chi connectivity index (χ4n) is 3.92. The Morgan fingerprint density at radius 2 is 1.97 bits per heavy atom. The van der Waals surface area contributed by atoms with Crippen LogP contribution < -0.4 is 0 Å². The SMILES string of the molecule is Cc1nc(C)c(C(=O)N2CCC(c3ccc(Cc4cccc(F)c4)cn3)CC2)o1. The Labute approximate surface area is 169 Å². The van der Waals surface area contributed by atoms with E-state index in [1.54, 1.807) is 26.0 Å². The largest absolute Gasteiger partial charge is 0.436 e. The number of piperidine rings is 1. The zero-order chi connectivity index (χ0) is 20.4. The summed E-state index contributed by atoms with van der Waals surface area (Å²) in [6.45, 7) is 4.90. The van der Waals surface area contributed by atoms with Gasteiger partial charge in [-0.3, -0.25) is 9.78 Å². The number of aryl methyl sites for hydroxylation is 2. The Bertz CT molecular complexity index is 1010. The van der Waals surface area contributed by atoms with Crippen molar-refractivity contribution in [3.63, 3.8) is 0 Å². The average molecular weight is 393 g/mol. The fraction of sp³-hybridized carbons (Fsp3) is 0.348. The highest BCUT2D eigenvalue weighted by molar-refractivity contribution is 5.92. The lowest BCUT2D eigenvalue weighted by molar-refractivity contribution is 0.0677. The first-order valence-corrected chi connectivity index (χ1v) is 9.92. The van der Waals surface area contributed by atoms with Gasteiger partial charge in [-0.2, -0.15) is 0 Å². The summed E-state index contributed by atoms with van der Waals surface area (Å²) in [6.07, 6.45) is 4.27. The van der Waals surface area contributed by atoms with E-state index in [1.807, 2.05) is 17.2 Å². The van der Waals surface area contributed by atoms with E-state index in [2.05, 4.69) is 22.1 Å². The van der Waals surface area contributed by atoms with Crippen molar-refractivity contribution in [1.82, 2.24) is 14.9 Å². The van der Waals surface area contributed by atoms with Gasteiger partial charge in [0.25, 0.3) is 5.91 Å². The summed E-state index contributed by atoms with van der Waals surface area (Å²) in [6, 6.07) is 10.8. The lowest BCUT2D eigenvalue weighted by Crippen LogP contribution is -2.38. The molecule has 0 N–H and O–H groups in total. The number of benzene rings is 1. The molecule has 0 radical (unpaired) electrons. The molecule has 2 aromatic heterocycles. The summed E-state index contributed by atoms with van der Waals surface area (Å²) in [5.41, 5.74) is 3.68. The Balaban J connectivity index is 1.36. The molecule has 150 valence electrons. The fourth-order valence-corrected chi connectivity index (χ4v) is 3.92. The molecule has 1 saturated heterocycles. The van der Waals surface area contributed by atoms with Crippen LogP contribution in [0.5, 0.6) is 0 Å². The molecule has 0 unspecified atom stereocenters. The number of oxazole rings is 1. The van der Waals surface area contributed by atoms with Gasteiger partial charge in [0.15, 0.2) is 5.89 Å². The molecule has 3 heterocycles. The van der Waals surface area contributed by atoms with E-state index in [1.165, 1.54) is 6.07 Å². The molecule has 0 aliphatic carbocycles. The number of carbonyl (C=O) groups is 1. The van der Waals surface area contributed by atoms with E-state index in [4.69, 9.17) is 4.42 Å². The Morgan fingerprint density at radius 1 is 1.17 bits per heavy atom. The summed E-state index contributed by atoms with van der Waals surface area (Å²) in [7, 11) is 0. The molecule has 4 rings (SSSR count). The number of halogens is 1. The van der Waals surface area contributed by atoms with Gasteiger partial charge in [0.05, 0.1) is 5.69 Å². The van der Waals surface area contributed by atoms with Gasteiger partial charge < -0.3 is 9.32 Å². The highest BCUT2D eigenvalue weighted by atomic mass is 19.1. The molecule has 1 fully saturated rings. The van der Waals surface area contributed by atoms with E-state index in [0.717, 1.165) is 29.7 Å². The standard InChI is InChI=1S/C23H24FN3O2/c1-15-22(29-16(2)26-15)23(28)27-10-8-19(9-11-27)21-7-6-18(14-25-21)12-17-4-3-5-20(24)13-17/h3-7,13-14,19H,8-12H2,1-2H3. The van der Waals surface area contributed by atoms with Crippen LogP contribution in [0.3, 0.4) is 0 Å². The van der Waals surface area contributed by atoms with Crippen molar-refractivity contribution in [2.45, 2.75) is 39.0 Å². The number of likely N-dealkylation sites (tertiary alicyclic amines) is 1. The third-order valence-electron chi connectivity index (χ3n) is 5.44. The molecule has 5 nitrogen and oxygen atoms in total. The molecule has 3 aromatic rings. The highest BCUT2D eigenvalue weighted by Gasteiger charge is 2.28. The zero-order valence-electron chi connectivity index (χ0n) is 16.7. The van der Waals surface area contributed by atoms with Crippen LogP contribution >= 0.6 is 0 Å². The molecule has 1 aliphatic heterocycles. The molecule has 1 aliphatic rings. The number of pyridine rings is 1. The monoisotopic (exact) mass is 393 g/mol. The van der Waals surface area contributed by atoms with Crippen molar-refractivity contribution >= 4 is 5.91 Å². The highest BCUT2D eigenvalue weighted by Crippen LogP contribution is 2.28. The van der Waals surface area contributed by atoms with Crippen LogP contribution in [0.1, 0.15) is 57.7 Å². The number of aromatic nitrogens is 2. The van der Waals surface area contributed by atoms with Gasteiger partial charge in [0.1, 0.15) is 5.82 Å². The molecule has 1 aromatic carbocycles. The molecule has 0 saturated carbocycles. The van der Waals surface area contributed by atoms with E-state index < -0.39 is 0 Å². The maximum atomic E-state index is 13.3. The molecule has 6 heteroatoms. The summed E-state index contributed by atoms with van der Waals surface area (Å²) >= 11 is 0. The number of hydrogen-bond donors (Lipinski definition) is 0. The van der Waals surface area contributed by atoms with E-state index in [-0.39, 0.29) is 11.7 Å². The first kappa shape index (κ1) is 19.3. The van der Waals surface area contributed by atoms with Crippen molar-refractivity contribution in [2.75, 3.05) is 13.1 Å². The summed E-state index contributed by atoms with van der Waals surface area (Å²) in [5, 5.41) is 0. The minimum atomic E-state index is -0.218. The van der Waals surface area contributed by atoms with E-state index in [9.17, 15) is 9.18 Å². The normalized spacial score (nSPS) is 14.9. The number of carbonyl (C=O) groups excluding carboxylic acids is 1. The second kappa shape index (κ2) is 8.15. The van der Waals surface area contributed by atoms with Gasteiger partial charge in [-0.25, -0.2) is 9.37 Å².